The Bertz CT molecular complexity index is 939. The van der Waals surface area contributed by atoms with Crippen LogP contribution in [-0.4, -0.2) is 11.0 Å². The molecule has 0 bridgehead atoms. The average Bonchev–Trinajstić information content (AvgIpc) is 2.62. The first-order chi connectivity index (χ1) is 12.0. The maximum absolute atomic E-state index is 12.0. The number of fused-ring (bicyclic) bond motifs is 1. The van der Waals surface area contributed by atoms with E-state index in [1.165, 1.54) is 18.3 Å². The molecule has 0 amide bonds. The number of aromatic nitrogens is 1. The highest BCUT2D eigenvalue weighted by Gasteiger charge is 2.07. The predicted molar refractivity (Wildman–Crippen MR) is 103 cm³/mol. The highest BCUT2D eigenvalue weighted by molar-refractivity contribution is 7.21. The Morgan fingerprint density at radius 2 is 1.68 bits per heavy atom. The van der Waals surface area contributed by atoms with Gasteiger partial charge >= 0.3 is 5.97 Å². The summed E-state index contributed by atoms with van der Waals surface area (Å²) in [6.07, 6.45) is 4.00. The molecule has 128 valence electrons. The summed E-state index contributed by atoms with van der Waals surface area (Å²) in [5, 5.41) is 1.27. The van der Waals surface area contributed by atoms with Crippen LogP contribution < -0.4 is 10.3 Å². The van der Waals surface area contributed by atoms with Gasteiger partial charge in [0.1, 0.15) is 10.8 Å². The lowest BCUT2D eigenvalue weighted by molar-refractivity contribution is -0.131. The number of allylic oxidation sites excluding steroid dienone is 2. The van der Waals surface area contributed by atoms with Gasteiger partial charge in [0.15, 0.2) is 0 Å². The molecule has 0 fully saturated rings. The van der Waals surface area contributed by atoms with Crippen LogP contribution in [0.4, 0.5) is 0 Å². The number of carbonyl (C=O) groups is 1. The van der Waals surface area contributed by atoms with E-state index in [1.54, 1.807) is 30.3 Å². The summed E-state index contributed by atoms with van der Waals surface area (Å²) in [4.78, 5) is 27.0. The van der Waals surface area contributed by atoms with Crippen molar-refractivity contribution in [2.45, 2.75) is 20.8 Å². The normalized spacial score (nSPS) is 10.4. The van der Waals surface area contributed by atoms with Gasteiger partial charge in [-0.25, -0.2) is 0 Å². The van der Waals surface area contributed by atoms with Crippen molar-refractivity contribution in [1.29, 1.82) is 0 Å². The number of hydrogen-bond donors (Lipinski definition) is 0. The summed E-state index contributed by atoms with van der Waals surface area (Å²) in [6, 6.07) is 14.3. The van der Waals surface area contributed by atoms with Crippen LogP contribution in [0.3, 0.4) is 0 Å². The number of rotatable bonds is 2. The Labute approximate surface area is 150 Å². The third kappa shape index (κ3) is 5.09. The lowest BCUT2D eigenvalue weighted by atomic mass is 10.2. The van der Waals surface area contributed by atoms with E-state index in [9.17, 15) is 9.59 Å². The van der Waals surface area contributed by atoms with Crippen LogP contribution >= 0.6 is 11.3 Å². The van der Waals surface area contributed by atoms with Gasteiger partial charge < -0.3 is 4.74 Å². The molecule has 0 saturated heterocycles. The van der Waals surface area contributed by atoms with Gasteiger partial charge in [-0.3, -0.25) is 9.59 Å². The second-order valence-electron chi connectivity index (χ2n) is 5.11. The van der Waals surface area contributed by atoms with E-state index in [1.807, 2.05) is 44.2 Å². The zero-order valence-corrected chi connectivity index (χ0v) is 15.2. The molecule has 2 aromatic carbocycles. The first kappa shape index (κ1) is 18.5. The number of esters is 1. The zero-order chi connectivity index (χ0) is 18.2. The lowest BCUT2D eigenvalue weighted by Gasteiger charge is -2.04. The topological polar surface area (TPSA) is 56.3 Å². The van der Waals surface area contributed by atoms with E-state index in [0.717, 1.165) is 10.3 Å². The van der Waals surface area contributed by atoms with Gasteiger partial charge in [0.05, 0.1) is 5.39 Å². The molecule has 0 unspecified atom stereocenters. The largest absolute Gasteiger partial charge is 0.427 e. The summed E-state index contributed by atoms with van der Waals surface area (Å²) in [7, 11) is 0. The molecule has 0 aliphatic heterocycles. The van der Waals surface area contributed by atoms with Crippen LogP contribution in [0, 0.1) is 0 Å². The fourth-order valence-electron chi connectivity index (χ4n) is 1.97. The third-order valence-electron chi connectivity index (χ3n) is 3.22. The van der Waals surface area contributed by atoms with Crippen LogP contribution in [0.15, 0.2) is 65.5 Å². The monoisotopic (exact) mass is 353 g/mol. The van der Waals surface area contributed by atoms with E-state index in [-0.39, 0.29) is 11.5 Å². The number of carbonyl (C=O) groups excluding carboxylic acids is 1. The Kier molecular flexibility index (Phi) is 6.60. The molecule has 0 aliphatic rings. The Balaban J connectivity index is 0.000000511. The molecule has 25 heavy (non-hydrogen) atoms. The number of ether oxygens (including phenoxy) is 1. The van der Waals surface area contributed by atoms with Crippen molar-refractivity contribution >= 4 is 27.4 Å². The van der Waals surface area contributed by atoms with Crippen LogP contribution in [0.1, 0.15) is 20.8 Å². The molecule has 4 nitrogen and oxygen atoms in total. The number of hydrogen-bond acceptors (Lipinski definition) is 5. The summed E-state index contributed by atoms with van der Waals surface area (Å²) < 4.78 is 5.88. The molecule has 0 atom stereocenters. The molecule has 0 N–H and O–H groups in total. The molecule has 3 rings (SSSR count). The fraction of sp³-hybridized carbons (Fsp3) is 0.150. The molecule has 1 heterocycles. The SMILES string of the molecule is C/C=C\C.CC(=O)Oc1ccc(-c2nc(=O)c3ccccc3s2)cc1. The Hall–Kier alpha value is -2.79. The maximum Gasteiger partial charge on any atom is 0.308 e. The van der Waals surface area contributed by atoms with Gasteiger partial charge in [-0.15, -0.1) is 11.3 Å². The average molecular weight is 353 g/mol. The molecule has 0 aliphatic carbocycles. The van der Waals surface area contributed by atoms with Gasteiger partial charge in [0.25, 0.3) is 5.56 Å². The van der Waals surface area contributed by atoms with E-state index in [2.05, 4.69) is 4.98 Å². The molecule has 3 aromatic rings. The highest BCUT2D eigenvalue weighted by atomic mass is 32.1. The summed E-state index contributed by atoms with van der Waals surface area (Å²) in [5.74, 6) is 0.107. The quantitative estimate of drug-likeness (QED) is 0.376. The molecular formula is C20H19NO3S. The second kappa shape index (κ2) is 8.89. The third-order valence-corrected chi connectivity index (χ3v) is 4.32. The van der Waals surface area contributed by atoms with Crippen LogP contribution in [0.25, 0.3) is 20.7 Å². The molecule has 0 saturated carbocycles. The minimum absolute atomic E-state index is 0.233. The number of benzene rings is 2. The minimum Gasteiger partial charge on any atom is -0.427 e. The summed E-state index contributed by atoms with van der Waals surface area (Å²) in [5.41, 5.74) is 0.585. The van der Waals surface area contributed by atoms with Crippen LogP contribution in [0.5, 0.6) is 5.75 Å². The van der Waals surface area contributed by atoms with Gasteiger partial charge in [-0.1, -0.05) is 24.3 Å². The van der Waals surface area contributed by atoms with Crippen LogP contribution in [-0.2, 0) is 4.79 Å². The van der Waals surface area contributed by atoms with Crippen molar-refractivity contribution in [3.8, 4) is 16.3 Å². The lowest BCUT2D eigenvalue weighted by Crippen LogP contribution is -2.05. The smallest absolute Gasteiger partial charge is 0.308 e. The first-order valence-electron chi connectivity index (χ1n) is 7.81. The van der Waals surface area contributed by atoms with E-state index in [0.29, 0.717) is 16.1 Å². The molecule has 0 radical (unpaired) electrons. The minimum atomic E-state index is -0.365. The second-order valence-corrected chi connectivity index (χ2v) is 6.14. The Morgan fingerprint density at radius 3 is 2.28 bits per heavy atom. The van der Waals surface area contributed by atoms with E-state index >= 15 is 0 Å². The van der Waals surface area contributed by atoms with Crippen molar-refractivity contribution < 1.29 is 9.53 Å². The molecule has 1 aromatic heterocycles. The van der Waals surface area contributed by atoms with E-state index in [4.69, 9.17) is 4.74 Å². The van der Waals surface area contributed by atoms with Crippen molar-refractivity contribution in [3.05, 3.63) is 71.0 Å². The molecular weight excluding hydrogens is 334 g/mol. The van der Waals surface area contributed by atoms with Crippen molar-refractivity contribution in [2.24, 2.45) is 0 Å². The maximum atomic E-state index is 12.0. The fourth-order valence-corrected chi connectivity index (χ4v) is 2.97. The van der Waals surface area contributed by atoms with Gasteiger partial charge in [-0.05, 0) is 50.2 Å². The zero-order valence-electron chi connectivity index (χ0n) is 14.4. The van der Waals surface area contributed by atoms with Gasteiger partial charge in [-0.2, -0.15) is 4.98 Å². The number of nitrogens with zero attached hydrogens (tertiary/aromatic N) is 1. The Morgan fingerprint density at radius 1 is 1.04 bits per heavy atom. The highest BCUT2D eigenvalue weighted by Crippen LogP contribution is 2.27. The van der Waals surface area contributed by atoms with Crippen LogP contribution in [0.2, 0.25) is 0 Å². The van der Waals surface area contributed by atoms with Crippen molar-refractivity contribution in [2.75, 3.05) is 0 Å². The molecule has 5 heteroatoms. The molecule has 0 spiro atoms. The predicted octanol–water partition coefficient (Wildman–Crippen LogP) is 4.83. The van der Waals surface area contributed by atoms with E-state index < -0.39 is 0 Å². The van der Waals surface area contributed by atoms with Gasteiger partial charge in [0, 0.05) is 17.2 Å². The first-order valence-corrected chi connectivity index (χ1v) is 8.63. The van der Waals surface area contributed by atoms with Crippen molar-refractivity contribution in [1.82, 2.24) is 4.98 Å². The summed E-state index contributed by atoms with van der Waals surface area (Å²) >= 11 is 1.46. The standard InChI is InChI=1S/C16H11NO3S.C4H8/c1-10(18)20-12-8-6-11(7-9-12)16-17-15(19)13-4-2-3-5-14(13)21-16;1-3-4-2/h2-9H,1H3;3-4H,1-2H3/b;4-3-. The van der Waals surface area contributed by atoms with Gasteiger partial charge in [0.2, 0.25) is 0 Å². The van der Waals surface area contributed by atoms with Crippen molar-refractivity contribution in [3.63, 3.8) is 0 Å². The summed E-state index contributed by atoms with van der Waals surface area (Å²) in [6.45, 7) is 5.35.